The van der Waals surface area contributed by atoms with Crippen LogP contribution in [0.25, 0.3) is 0 Å². The Hall–Kier alpha value is -1.58. The molecule has 0 bridgehead atoms. The normalized spacial score (nSPS) is 9.36. The molecule has 0 fully saturated rings. The number of isocyanates is 1. The summed E-state index contributed by atoms with van der Waals surface area (Å²) in [7, 11) is 0. The van der Waals surface area contributed by atoms with E-state index < -0.39 is 28.1 Å². The van der Waals surface area contributed by atoms with Crippen molar-refractivity contribution in [1.82, 2.24) is 0 Å². The highest BCUT2D eigenvalue weighted by Gasteiger charge is 2.14. The highest BCUT2D eigenvalue weighted by Crippen LogP contribution is 2.19. The summed E-state index contributed by atoms with van der Waals surface area (Å²) in [6, 6.07) is 1.20. The Kier molecular flexibility index (Phi) is 3.06. The second-order valence-corrected chi connectivity index (χ2v) is 2.66. The number of aliphatic imine (C=N–C) groups is 1. The number of hydrogen-bond acceptors (Lipinski definition) is 2. The lowest BCUT2D eigenvalue weighted by molar-refractivity contribution is 0.0998. The first-order valence-electron chi connectivity index (χ1n) is 3.33. The van der Waals surface area contributed by atoms with E-state index in [0.717, 1.165) is 6.08 Å². The number of carbonyl (C=O) groups is 1. The van der Waals surface area contributed by atoms with Crippen molar-refractivity contribution >= 4 is 23.6 Å². The van der Waals surface area contributed by atoms with E-state index in [1.165, 1.54) is 0 Å². The molecular weight excluding hydrogens is 216 g/mol. The summed E-state index contributed by atoms with van der Waals surface area (Å²) in [5.74, 6) is -3.20. The molecule has 1 aromatic rings. The molecule has 72 valence electrons. The zero-order valence-electron chi connectivity index (χ0n) is 6.55. The maximum absolute atomic E-state index is 12.9. The molecule has 0 aromatic heterocycles. The highest BCUT2D eigenvalue weighted by molar-refractivity contribution is 6.30. The Morgan fingerprint density at radius 3 is 2.57 bits per heavy atom. The summed E-state index contributed by atoms with van der Waals surface area (Å²) >= 11 is 5.23. The number of nitrogens with zero attached hydrogens (tertiary/aromatic N) is 1. The highest BCUT2D eigenvalue weighted by atomic mass is 35.5. The van der Waals surface area contributed by atoms with Crippen molar-refractivity contribution in [2.24, 2.45) is 4.99 Å². The number of halogens is 3. The van der Waals surface area contributed by atoms with Gasteiger partial charge in [0.2, 0.25) is 6.08 Å². The van der Waals surface area contributed by atoms with Crippen LogP contribution in [0.3, 0.4) is 0 Å². The lowest BCUT2D eigenvalue weighted by atomic mass is 10.2. The maximum Gasteiger partial charge on any atom is 0.290 e. The number of rotatable bonds is 1. The van der Waals surface area contributed by atoms with Gasteiger partial charge in [-0.25, -0.2) is 13.6 Å². The Balaban J connectivity index is 3.29. The standard InChI is InChI=1S/C8H2ClF2NO2/c9-5-2-6(10)4(1-7(5)11)8(14)12-3-13/h1-2H. The van der Waals surface area contributed by atoms with Crippen LogP contribution in [0.1, 0.15) is 10.4 Å². The van der Waals surface area contributed by atoms with Crippen LogP contribution >= 0.6 is 11.6 Å². The van der Waals surface area contributed by atoms with Crippen molar-refractivity contribution in [3.63, 3.8) is 0 Å². The summed E-state index contributed by atoms with van der Waals surface area (Å²) in [6.07, 6.45) is 0.931. The van der Waals surface area contributed by atoms with Gasteiger partial charge in [0.05, 0.1) is 10.6 Å². The number of amides is 1. The Morgan fingerprint density at radius 1 is 1.36 bits per heavy atom. The van der Waals surface area contributed by atoms with Crippen LogP contribution in [0.15, 0.2) is 17.1 Å². The zero-order valence-corrected chi connectivity index (χ0v) is 7.31. The number of benzene rings is 1. The average molecular weight is 218 g/mol. The van der Waals surface area contributed by atoms with E-state index in [9.17, 15) is 18.4 Å². The van der Waals surface area contributed by atoms with Crippen LogP contribution in [-0.2, 0) is 4.79 Å². The lowest BCUT2D eigenvalue weighted by Gasteiger charge is -1.98. The van der Waals surface area contributed by atoms with Crippen LogP contribution in [0, 0.1) is 11.6 Å². The largest absolute Gasteiger partial charge is 0.290 e. The average Bonchev–Trinajstić information content (AvgIpc) is 2.11. The second-order valence-electron chi connectivity index (χ2n) is 2.25. The molecule has 0 atom stereocenters. The van der Waals surface area contributed by atoms with Gasteiger partial charge in [-0.1, -0.05) is 11.6 Å². The molecule has 0 aliphatic rings. The van der Waals surface area contributed by atoms with Crippen LogP contribution in [0.4, 0.5) is 8.78 Å². The Morgan fingerprint density at radius 2 is 2.00 bits per heavy atom. The molecule has 0 aliphatic carbocycles. The SMILES string of the molecule is O=C=NC(=O)c1cc(F)c(Cl)cc1F. The number of carbonyl (C=O) groups excluding carboxylic acids is 2. The molecule has 14 heavy (non-hydrogen) atoms. The molecule has 0 heterocycles. The third-order valence-electron chi connectivity index (χ3n) is 1.39. The van der Waals surface area contributed by atoms with Crippen molar-refractivity contribution in [2.45, 2.75) is 0 Å². The van der Waals surface area contributed by atoms with Crippen LogP contribution in [-0.4, -0.2) is 12.0 Å². The minimum absolute atomic E-state index is 0.450. The zero-order chi connectivity index (χ0) is 10.7. The Bertz CT molecular complexity index is 441. The predicted octanol–water partition coefficient (Wildman–Crippen LogP) is 2.09. The van der Waals surface area contributed by atoms with E-state index in [2.05, 4.69) is 4.99 Å². The van der Waals surface area contributed by atoms with Gasteiger partial charge in [0.25, 0.3) is 5.91 Å². The minimum atomic E-state index is -1.20. The molecule has 3 nitrogen and oxygen atoms in total. The van der Waals surface area contributed by atoms with E-state index in [1.54, 1.807) is 0 Å². The van der Waals surface area contributed by atoms with E-state index in [4.69, 9.17) is 11.6 Å². The van der Waals surface area contributed by atoms with Crippen molar-refractivity contribution in [3.05, 3.63) is 34.4 Å². The molecular formula is C8H2ClF2NO2. The molecule has 0 unspecified atom stereocenters. The summed E-state index contributed by atoms with van der Waals surface area (Å²) in [4.78, 5) is 23.2. The molecule has 0 saturated heterocycles. The molecule has 6 heteroatoms. The molecule has 0 aliphatic heterocycles. The monoisotopic (exact) mass is 217 g/mol. The third-order valence-corrected chi connectivity index (χ3v) is 1.68. The van der Waals surface area contributed by atoms with Gasteiger partial charge in [-0.3, -0.25) is 4.79 Å². The van der Waals surface area contributed by atoms with Gasteiger partial charge >= 0.3 is 0 Å². The fourth-order valence-corrected chi connectivity index (χ4v) is 0.938. The van der Waals surface area contributed by atoms with Crippen molar-refractivity contribution in [2.75, 3.05) is 0 Å². The van der Waals surface area contributed by atoms with Crippen LogP contribution < -0.4 is 0 Å². The first-order chi connectivity index (χ1) is 6.56. The predicted molar refractivity (Wildman–Crippen MR) is 43.8 cm³/mol. The molecule has 1 aromatic carbocycles. The summed E-state index contributed by atoms with van der Waals surface area (Å²) < 4.78 is 25.7. The summed E-state index contributed by atoms with van der Waals surface area (Å²) in [5, 5.41) is -0.450. The smallest absolute Gasteiger partial charge is 0.266 e. The topological polar surface area (TPSA) is 46.5 Å². The maximum atomic E-state index is 12.9. The van der Waals surface area contributed by atoms with E-state index >= 15 is 0 Å². The first-order valence-corrected chi connectivity index (χ1v) is 3.71. The molecule has 0 N–H and O–H groups in total. The fraction of sp³-hybridized carbons (Fsp3) is 0. The molecule has 1 rings (SSSR count). The third kappa shape index (κ3) is 2.02. The molecule has 0 saturated carbocycles. The Labute approximate surface area is 82.0 Å². The molecule has 0 spiro atoms. The van der Waals surface area contributed by atoms with Crippen molar-refractivity contribution in [3.8, 4) is 0 Å². The quantitative estimate of drug-likeness (QED) is 0.411. The molecule has 1 amide bonds. The van der Waals surface area contributed by atoms with Gasteiger partial charge in [0.1, 0.15) is 11.6 Å². The van der Waals surface area contributed by atoms with Crippen LogP contribution in [0.2, 0.25) is 5.02 Å². The second kappa shape index (κ2) is 4.09. The van der Waals surface area contributed by atoms with Gasteiger partial charge in [0.15, 0.2) is 0 Å². The van der Waals surface area contributed by atoms with Gasteiger partial charge in [-0.05, 0) is 12.1 Å². The summed E-state index contributed by atoms with van der Waals surface area (Å²) in [6.45, 7) is 0. The first kappa shape index (κ1) is 10.5. The lowest BCUT2D eigenvalue weighted by Crippen LogP contribution is -2.00. The van der Waals surface area contributed by atoms with Gasteiger partial charge < -0.3 is 0 Å². The van der Waals surface area contributed by atoms with E-state index in [0.29, 0.717) is 12.1 Å². The number of hydrogen-bond donors (Lipinski definition) is 0. The van der Waals surface area contributed by atoms with E-state index in [1.807, 2.05) is 0 Å². The minimum Gasteiger partial charge on any atom is -0.266 e. The molecule has 0 radical (unpaired) electrons. The van der Waals surface area contributed by atoms with Gasteiger partial charge in [-0.15, -0.1) is 4.99 Å². The van der Waals surface area contributed by atoms with Crippen molar-refractivity contribution in [1.29, 1.82) is 0 Å². The van der Waals surface area contributed by atoms with Crippen molar-refractivity contribution < 1.29 is 18.4 Å². The fourth-order valence-electron chi connectivity index (χ4n) is 0.788. The van der Waals surface area contributed by atoms with Crippen LogP contribution in [0.5, 0.6) is 0 Å². The van der Waals surface area contributed by atoms with Gasteiger partial charge in [-0.2, -0.15) is 0 Å². The van der Waals surface area contributed by atoms with Gasteiger partial charge in [0, 0.05) is 0 Å². The summed E-state index contributed by atoms with van der Waals surface area (Å²) in [5.41, 5.74) is -0.657. The van der Waals surface area contributed by atoms with E-state index in [-0.39, 0.29) is 0 Å².